The lowest BCUT2D eigenvalue weighted by Gasteiger charge is -2.27. The fraction of sp³-hybridized carbons (Fsp3) is 0.500. The third-order valence-electron chi connectivity index (χ3n) is 3.71. The standard InChI is InChI=1S/C16H21F2NO3/c1-10(2)16(3,22)9-19-15(21)7-6-14(20)11-4-5-12(17)13(18)8-11/h4-5,8,10,22H,6-7,9H2,1-3H3,(H,19,21). The van der Waals surface area contributed by atoms with Crippen molar-refractivity contribution in [3.63, 3.8) is 0 Å². The summed E-state index contributed by atoms with van der Waals surface area (Å²) in [5, 5.41) is 12.6. The van der Waals surface area contributed by atoms with Gasteiger partial charge in [-0.25, -0.2) is 8.78 Å². The maximum Gasteiger partial charge on any atom is 0.220 e. The molecule has 122 valence electrons. The van der Waals surface area contributed by atoms with Gasteiger partial charge in [0.25, 0.3) is 0 Å². The lowest BCUT2D eigenvalue weighted by molar-refractivity contribution is -0.122. The number of benzene rings is 1. The van der Waals surface area contributed by atoms with Crippen molar-refractivity contribution in [2.45, 2.75) is 39.2 Å². The molecule has 0 spiro atoms. The molecule has 0 bridgehead atoms. The molecule has 0 radical (unpaired) electrons. The van der Waals surface area contributed by atoms with Gasteiger partial charge in [0.2, 0.25) is 5.91 Å². The maximum atomic E-state index is 13.0. The molecule has 0 heterocycles. The van der Waals surface area contributed by atoms with E-state index in [4.69, 9.17) is 0 Å². The normalized spacial score (nSPS) is 13.8. The van der Waals surface area contributed by atoms with Crippen molar-refractivity contribution < 1.29 is 23.5 Å². The maximum absolute atomic E-state index is 13.0. The van der Waals surface area contributed by atoms with Gasteiger partial charge in [0.1, 0.15) is 0 Å². The number of nitrogens with one attached hydrogen (secondary N) is 1. The molecule has 0 aliphatic carbocycles. The molecule has 2 N–H and O–H groups in total. The smallest absolute Gasteiger partial charge is 0.220 e. The summed E-state index contributed by atoms with van der Waals surface area (Å²) in [6, 6.07) is 2.88. The van der Waals surface area contributed by atoms with E-state index in [1.807, 2.05) is 13.8 Å². The average molecular weight is 313 g/mol. The van der Waals surface area contributed by atoms with Crippen LogP contribution >= 0.6 is 0 Å². The molecular formula is C16H21F2NO3. The molecule has 1 aromatic rings. The summed E-state index contributed by atoms with van der Waals surface area (Å²) in [5.74, 6) is -2.97. The summed E-state index contributed by atoms with van der Waals surface area (Å²) < 4.78 is 25.8. The summed E-state index contributed by atoms with van der Waals surface area (Å²) in [5.41, 5.74) is -0.999. The summed E-state index contributed by atoms with van der Waals surface area (Å²) >= 11 is 0. The van der Waals surface area contributed by atoms with Crippen LogP contribution < -0.4 is 5.32 Å². The van der Waals surface area contributed by atoms with Gasteiger partial charge in [0.05, 0.1) is 5.60 Å². The molecule has 0 aromatic heterocycles. The monoisotopic (exact) mass is 313 g/mol. The highest BCUT2D eigenvalue weighted by Crippen LogP contribution is 2.15. The van der Waals surface area contributed by atoms with Crippen LogP contribution in [0.2, 0.25) is 0 Å². The zero-order chi connectivity index (χ0) is 16.9. The summed E-state index contributed by atoms with van der Waals surface area (Å²) in [6.45, 7) is 5.37. The Kier molecular flexibility index (Phi) is 6.17. The molecule has 1 rings (SSSR count). The van der Waals surface area contributed by atoms with Crippen LogP contribution in [-0.2, 0) is 4.79 Å². The van der Waals surface area contributed by atoms with Crippen molar-refractivity contribution in [3.05, 3.63) is 35.4 Å². The number of hydrogen-bond donors (Lipinski definition) is 2. The molecule has 0 aliphatic heterocycles. The number of carbonyl (C=O) groups is 2. The van der Waals surface area contributed by atoms with E-state index >= 15 is 0 Å². The second kappa shape index (κ2) is 7.45. The zero-order valence-electron chi connectivity index (χ0n) is 13.0. The molecule has 0 fully saturated rings. The van der Waals surface area contributed by atoms with Gasteiger partial charge in [-0.1, -0.05) is 13.8 Å². The molecule has 1 atom stereocenters. The van der Waals surface area contributed by atoms with Crippen LogP contribution in [0.3, 0.4) is 0 Å². The van der Waals surface area contributed by atoms with Crippen molar-refractivity contribution in [1.29, 1.82) is 0 Å². The van der Waals surface area contributed by atoms with E-state index in [-0.39, 0.29) is 36.8 Å². The molecule has 0 aliphatic rings. The van der Waals surface area contributed by atoms with Gasteiger partial charge >= 0.3 is 0 Å². The first-order chi connectivity index (χ1) is 10.1. The van der Waals surface area contributed by atoms with E-state index in [1.165, 1.54) is 6.07 Å². The topological polar surface area (TPSA) is 66.4 Å². The molecule has 1 amide bonds. The second-order valence-electron chi connectivity index (χ2n) is 5.84. The molecule has 4 nitrogen and oxygen atoms in total. The molecule has 1 aromatic carbocycles. The van der Waals surface area contributed by atoms with E-state index in [0.717, 1.165) is 12.1 Å². The van der Waals surface area contributed by atoms with Gasteiger partial charge in [-0.2, -0.15) is 0 Å². The lowest BCUT2D eigenvalue weighted by atomic mass is 9.92. The number of aliphatic hydroxyl groups is 1. The minimum absolute atomic E-state index is 0.0286. The molecule has 0 saturated heterocycles. The Labute approximate surface area is 128 Å². The Bertz CT molecular complexity index is 556. The van der Waals surface area contributed by atoms with Crippen LogP contribution in [0.25, 0.3) is 0 Å². The van der Waals surface area contributed by atoms with Gasteiger partial charge in [-0.05, 0) is 31.0 Å². The Morgan fingerprint density at radius 1 is 1.23 bits per heavy atom. The molecule has 6 heteroatoms. The Morgan fingerprint density at radius 3 is 2.41 bits per heavy atom. The number of hydrogen-bond acceptors (Lipinski definition) is 3. The van der Waals surface area contributed by atoms with E-state index in [1.54, 1.807) is 6.92 Å². The predicted molar refractivity (Wildman–Crippen MR) is 78.4 cm³/mol. The zero-order valence-corrected chi connectivity index (χ0v) is 13.0. The van der Waals surface area contributed by atoms with Crippen molar-refractivity contribution in [2.75, 3.05) is 6.54 Å². The van der Waals surface area contributed by atoms with Gasteiger partial charge in [-0.15, -0.1) is 0 Å². The number of rotatable bonds is 7. The number of carbonyl (C=O) groups excluding carboxylic acids is 2. The van der Waals surface area contributed by atoms with Crippen molar-refractivity contribution in [1.82, 2.24) is 5.32 Å². The van der Waals surface area contributed by atoms with Crippen LogP contribution in [0.1, 0.15) is 44.0 Å². The van der Waals surface area contributed by atoms with Crippen molar-refractivity contribution in [2.24, 2.45) is 5.92 Å². The van der Waals surface area contributed by atoms with Gasteiger partial charge in [0, 0.05) is 24.9 Å². The number of ketones is 1. The van der Waals surface area contributed by atoms with E-state index in [0.29, 0.717) is 0 Å². The first-order valence-corrected chi connectivity index (χ1v) is 7.11. The summed E-state index contributed by atoms with van der Waals surface area (Å²) in [6.07, 6.45) is -0.188. The molecule has 1 unspecified atom stereocenters. The number of halogens is 2. The largest absolute Gasteiger partial charge is 0.388 e. The molecule has 0 saturated carbocycles. The van der Waals surface area contributed by atoms with E-state index in [9.17, 15) is 23.5 Å². The van der Waals surface area contributed by atoms with Crippen LogP contribution in [0.4, 0.5) is 8.78 Å². The predicted octanol–water partition coefficient (Wildman–Crippen LogP) is 2.45. The van der Waals surface area contributed by atoms with Gasteiger partial charge in [0.15, 0.2) is 17.4 Å². The fourth-order valence-electron chi connectivity index (χ4n) is 1.61. The van der Waals surface area contributed by atoms with Crippen LogP contribution in [0.15, 0.2) is 18.2 Å². The van der Waals surface area contributed by atoms with Gasteiger partial charge < -0.3 is 10.4 Å². The highest BCUT2D eigenvalue weighted by atomic mass is 19.2. The molecule has 22 heavy (non-hydrogen) atoms. The van der Waals surface area contributed by atoms with E-state index in [2.05, 4.69) is 5.32 Å². The Hall–Kier alpha value is -1.82. The van der Waals surface area contributed by atoms with Crippen LogP contribution in [0, 0.1) is 17.6 Å². The number of amides is 1. The van der Waals surface area contributed by atoms with Crippen LogP contribution in [0.5, 0.6) is 0 Å². The second-order valence-corrected chi connectivity index (χ2v) is 5.84. The lowest BCUT2D eigenvalue weighted by Crippen LogP contribution is -2.44. The molecular weight excluding hydrogens is 292 g/mol. The average Bonchev–Trinajstić information content (AvgIpc) is 2.45. The quantitative estimate of drug-likeness (QED) is 0.760. The first-order valence-electron chi connectivity index (χ1n) is 7.11. The third-order valence-corrected chi connectivity index (χ3v) is 3.71. The van der Waals surface area contributed by atoms with E-state index < -0.39 is 23.0 Å². The Morgan fingerprint density at radius 2 is 1.86 bits per heavy atom. The van der Waals surface area contributed by atoms with Crippen molar-refractivity contribution >= 4 is 11.7 Å². The third kappa shape index (κ3) is 5.18. The SMILES string of the molecule is CC(C)C(C)(O)CNC(=O)CCC(=O)c1ccc(F)c(F)c1. The summed E-state index contributed by atoms with van der Waals surface area (Å²) in [7, 11) is 0. The van der Waals surface area contributed by atoms with Gasteiger partial charge in [-0.3, -0.25) is 9.59 Å². The van der Waals surface area contributed by atoms with Crippen LogP contribution in [-0.4, -0.2) is 28.9 Å². The fourth-order valence-corrected chi connectivity index (χ4v) is 1.61. The number of Topliss-reactive ketones (excluding diaryl/α,β-unsaturated/α-hetero) is 1. The Balaban J connectivity index is 2.47. The minimum Gasteiger partial charge on any atom is -0.388 e. The summed E-state index contributed by atoms with van der Waals surface area (Å²) in [4.78, 5) is 23.5. The highest BCUT2D eigenvalue weighted by molar-refractivity contribution is 5.97. The van der Waals surface area contributed by atoms with Crippen molar-refractivity contribution in [3.8, 4) is 0 Å². The minimum atomic E-state index is -1.09. The first kappa shape index (κ1) is 18.2. The highest BCUT2D eigenvalue weighted by Gasteiger charge is 2.25.